The van der Waals surface area contributed by atoms with E-state index in [9.17, 15) is 0 Å². The Morgan fingerprint density at radius 1 is 1.38 bits per heavy atom. The van der Waals surface area contributed by atoms with Crippen molar-refractivity contribution in [3.63, 3.8) is 0 Å². The molecule has 0 amide bonds. The highest BCUT2D eigenvalue weighted by molar-refractivity contribution is 5.18. The SMILES string of the molecule is C=C(C)N1CCC(NC2CCCC2)=C(C)C1. The Morgan fingerprint density at radius 2 is 2.06 bits per heavy atom. The molecule has 0 saturated heterocycles. The van der Waals surface area contributed by atoms with E-state index in [4.69, 9.17) is 0 Å². The molecule has 0 aromatic rings. The Balaban J connectivity index is 1.94. The number of rotatable bonds is 3. The van der Waals surface area contributed by atoms with Gasteiger partial charge in [0.25, 0.3) is 0 Å². The van der Waals surface area contributed by atoms with Crippen molar-refractivity contribution in [2.24, 2.45) is 0 Å². The van der Waals surface area contributed by atoms with E-state index in [-0.39, 0.29) is 0 Å². The zero-order chi connectivity index (χ0) is 11.5. The minimum absolute atomic E-state index is 0.751. The number of hydrogen-bond acceptors (Lipinski definition) is 2. The summed E-state index contributed by atoms with van der Waals surface area (Å²) in [5, 5.41) is 3.75. The zero-order valence-electron chi connectivity index (χ0n) is 10.7. The van der Waals surface area contributed by atoms with E-state index in [1.54, 1.807) is 0 Å². The summed E-state index contributed by atoms with van der Waals surface area (Å²) in [6, 6.07) is 0.751. The molecule has 0 atom stereocenters. The lowest BCUT2D eigenvalue weighted by Crippen LogP contribution is -2.35. The van der Waals surface area contributed by atoms with Crippen LogP contribution in [0, 0.1) is 0 Å². The van der Waals surface area contributed by atoms with Crippen LogP contribution in [-0.4, -0.2) is 24.0 Å². The summed E-state index contributed by atoms with van der Waals surface area (Å²) in [6.07, 6.45) is 6.70. The Kier molecular flexibility index (Phi) is 3.57. The Bertz CT molecular complexity index is 298. The first-order chi connectivity index (χ1) is 7.66. The monoisotopic (exact) mass is 220 g/mol. The highest BCUT2D eigenvalue weighted by Crippen LogP contribution is 2.23. The summed E-state index contributed by atoms with van der Waals surface area (Å²) >= 11 is 0. The van der Waals surface area contributed by atoms with Gasteiger partial charge in [0, 0.05) is 36.9 Å². The Hall–Kier alpha value is -0.920. The van der Waals surface area contributed by atoms with Gasteiger partial charge in [-0.25, -0.2) is 0 Å². The third kappa shape index (κ3) is 2.60. The second-order valence-corrected chi connectivity index (χ2v) is 5.29. The van der Waals surface area contributed by atoms with Gasteiger partial charge >= 0.3 is 0 Å². The number of hydrogen-bond donors (Lipinski definition) is 1. The topological polar surface area (TPSA) is 15.3 Å². The molecule has 2 rings (SSSR count). The molecule has 1 aliphatic carbocycles. The molecule has 1 fully saturated rings. The van der Waals surface area contributed by atoms with Gasteiger partial charge in [-0.05, 0) is 32.3 Å². The van der Waals surface area contributed by atoms with E-state index in [2.05, 4.69) is 30.6 Å². The Morgan fingerprint density at radius 3 is 2.62 bits per heavy atom. The smallest absolute Gasteiger partial charge is 0.0402 e. The molecule has 1 N–H and O–H groups in total. The van der Waals surface area contributed by atoms with Crippen LogP contribution < -0.4 is 5.32 Å². The fourth-order valence-corrected chi connectivity index (χ4v) is 2.76. The van der Waals surface area contributed by atoms with Crippen LogP contribution in [0.5, 0.6) is 0 Å². The highest BCUT2D eigenvalue weighted by Gasteiger charge is 2.20. The largest absolute Gasteiger partial charge is 0.386 e. The van der Waals surface area contributed by atoms with Crippen molar-refractivity contribution in [2.45, 2.75) is 52.0 Å². The first kappa shape index (κ1) is 11.6. The fourth-order valence-electron chi connectivity index (χ4n) is 2.76. The maximum Gasteiger partial charge on any atom is 0.0402 e. The van der Waals surface area contributed by atoms with Crippen molar-refractivity contribution >= 4 is 0 Å². The molecule has 1 saturated carbocycles. The quantitative estimate of drug-likeness (QED) is 0.786. The van der Waals surface area contributed by atoms with Gasteiger partial charge in [0.05, 0.1) is 0 Å². The number of nitrogens with one attached hydrogen (secondary N) is 1. The molecule has 90 valence electrons. The maximum absolute atomic E-state index is 4.02. The van der Waals surface area contributed by atoms with Gasteiger partial charge in [0.15, 0.2) is 0 Å². The van der Waals surface area contributed by atoms with Gasteiger partial charge in [-0.2, -0.15) is 0 Å². The van der Waals surface area contributed by atoms with Crippen molar-refractivity contribution in [1.29, 1.82) is 0 Å². The standard InChI is InChI=1S/C14H24N2/c1-11(2)16-9-8-14(12(3)10-16)15-13-6-4-5-7-13/h13,15H,1,4-10H2,2-3H3. The van der Waals surface area contributed by atoms with E-state index in [1.807, 2.05) is 0 Å². The van der Waals surface area contributed by atoms with Gasteiger partial charge in [-0.1, -0.05) is 19.4 Å². The van der Waals surface area contributed by atoms with Gasteiger partial charge in [-0.3, -0.25) is 0 Å². The lowest BCUT2D eigenvalue weighted by atomic mass is 10.1. The number of allylic oxidation sites excluding steroid dienone is 1. The molecule has 1 aliphatic heterocycles. The average Bonchev–Trinajstić information content (AvgIpc) is 2.73. The van der Waals surface area contributed by atoms with Crippen LogP contribution in [-0.2, 0) is 0 Å². The van der Waals surface area contributed by atoms with Crippen LogP contribution in [0.1, 0.15) is 46.0 Å². The predicted octanol–water partition coefficient (Wildman–Crippen LogP) is 3.03. The summed E-state index contributed by atoms with van der Waals surface area (Å²) in [7, 11) is 0. The van der Waals surface area contributed by atoms with Gasteiger partial charge < -0.3 is 10.2 Å². The molecule has 0 spiro atoms. The predicted molar refractivity (Wildman–Crippen MR) is 69.1 cm³/mol. The van der Waals surface area contributed by atoms with Crippen LogP contribution in [0.4, 0.5) is 0 Å². The van der Waals surface area contributed by atoms with Crippen molar-refractivity contribution < 1.29 is 0 Å². The van der Waals surface area contributed by atoms with Gasteiger partial charge in [0.2, 0.25) is 0 Å². The van der Waals surface area contributed by atoms with E-state index in [1.165, 1.54) is 42.7 Å². The molecule has 1 heterocycles. The van der Waals surface area contributed by atoms with Crippen LogP contribution in [0.15, 0.2) is 23.5 Å². The van der Waals surface area contributed by atoms with E-state index < -0.39 is 0 Å². The van der Waals surface area contributed by atoms with Gasteiger partial charge in [0.1, 0.15) is 0 Å². The average molecular weight is 220 g/mol. The van der Waals surface area contributed by atoms with Crippen LogP contribution in [0.3, 0.4) is 0 Å². The summed E-state index contributed by atoms with van der Waals surface area (Å²) in [6.45, 7) is 10.6. The van der Waals surface area contributed by atoms with Crippen LogP contribution in [0.2, 0.25) is 0 Å². The first-order valence-electron chi connectivity index (χ1n) is 6.52. The third-order valence-electron chi connectivity index (χ3n) is 3.85. The van der Waals surface area contributed by atoms with Crippen LogP contribution >= 0.6 is 0 Å². The maximum atomic E-state index is 4.02. The molecule has 16 heavy (non-hydrogen) atoms. The molecule has 2 aliphatic rings. The highest BCUT2D eigenvalue weighted by atomic mass is 15.1. The summed E-state index contributed by atoms with van der Waals surface area (Å²) in [4.78, 5) is 2.37. The minimum Gasteiger partial charge on any atom is -0.386 e. The summed E-state index contributed by atoms with van der Waals surface area (Å²) < 4.78 is 0. The molecule has 2 heteroatoms. The van der Waals surface area contributed by atoms with Gasteiger partial charge in [-0.15, -0.1) is 0 Å². The van der Waals surface area contributed by atoms with E-state index >= 15 is 0 Å². The first-order valence-corrected chi connectivity index (χ1v) is 6.52. The second-order valence-electron chi connectivity index (χ2n) is 5.29. The normalized spacial score (nSPS) is 22.8. The van der Waals surface area contributed by atoms with Crippen LogP contribution in [0.25, 0.3) is 0 Å². The summed E-state index contributed by atoms with van der Waals surface area (Å²) in [5.74, 6) is 0. The fraction of sp³-hybridized carbons (Fsp3) is 0.714. The zero-order valence-corrected chi connectivity index (χ0v) is 10.7. The lowest BCUT2D eigenvalue weighted by molar-refractivity contribution is 0.347. The van der Waals surface area contributed by atoms with E-state index in [0.29, 0.717) is 0 Å². The molecular weight excluding hydrogens is 196 g/mol. The van der Waals surface area contributed by atoms with Crippen molar-refractivity contribution in [3.8, 4) is 0 Å². The minimum atomic E-state index is 0.751. The second kappa shape index (κ2) is 4.94. The summed E-state index contributed by atoms with van der Waals surface area (Å²) in [5.41, 5.74) is 4.20. The number of nitrogens with zero attached hydrogens (tertiary/aromatic N) is 1. The van der Waals surface area contributed by atoms with Crippen molar-refractivity contribution in [2.75, 3.05) is 13.1 Å². The molecule has 0 radical (unpaired) electrons. The third-order valence-corrected chi connectivity index (χ3v) is 3.85. The van der Waals surface area contributed by atoms with Crippen molar-refractivity contribution in [1.82, 2.24) is 10.2 Å². The lowest BCUT2D eigenvalue weighted by Gasteiger charge is -2.33. The Labute approximate surface area is 99.4 Å². The van der Waals surface area contributed by atoms with Crippen molar-refractivity contribution in [3.05, 3.63) is 23.5 Å². The molecule has 0 bridgehead atoms. The molecule has 0 aromatic carbocycles. The molecule has 0 unspecified atom stereocenters. The molecule has 0 aromatic heterocycles. The van der Waals surface area contributed by atoms with E-state index in [0.717, 1.165) is 25.6 Å². The molecular formula is C14H24N2. The molecule has 2 nitrogen and oxygen atoms in total.